The van der Waals surface area contributed by atoms with E-state index in [0.29, 0.717) is 4.73 Å². The Morgan fingerprint density at radius 1 is 1.20 bits per heavy atom. The van der Waals surface area contributed by atoms with Gasteiger partial charge in [0.2, 0.25) is 11.5 Å². The average molecular weight is 238 g/mol. The van der Waals surface area contributed by atoms with Gasteiger partial charge in [-0.2, -0.15) is 0 Å². The molecule has 84 valence electrons. The molecule has 0 radical (unpaired) electrons. The highest BCUT2D eigenvalue weighted by atomic mass is 35.5. The Balaban J connectivity index is 3.27. The van der Waals surface area contributed by atoms with E-state index >= 15 is 0 Å². The molecule has 0 saturated heterocycles. The van der Waals surface area contributed by atoms with Gasteiger partial charge in [-0.05, 0) is 0 Å². The van der Waals surface area contributed by atoms with Crippen LogP contribution in [0.4, 0.5) is 4.79 Å². The smallest absolute Gasteiger partial charge is 0.428 e. The molecule has 7 nitrogen and oxygen atoms in total. The summed E-state index contributed by atoms with van der Waals surface area (Å²) >= 11 is 4.92. The molecule has 2 N–H and O–H groups in total. The fourth-order valence-corrected chi connectivity index (χ4v) is 1.08. The number of ether oxygens (including phenoxy) is 2. The van der Waals surface area contributed by atoms with Crippen molar-refractivity contribution < 1.29 is 29.3 Å². The van der Waals surface area contributed by atoms with E-state index in [1.54, 1.807) is 0 Å². The van der Waals surface area contributed by atoms with Crippen molar-refractivity contribution in [2.24, 2.45) is 0 Å². The molecule has 1 rings (SSSR count). The summed E-state index contributed by atoms with van der Waals surface area (Å²) in [6, 6.07) is 0. The second kappa shape index (κ2) is 4.18. The van der Waals surface area contributed by atoms with Gasteiger partial charge in [0.1, 0.15) is 0 Å². The van der Waals surface area contributed by atoms with E-state index in [0.717, 1.165) is 0 Å². The standard InChI is InChI=1S/C7H8ClNO6/c1-13-3-4(14-2)6(11)9(5(3)10)15-7(8)12/h10-11H,1-2H3. The van der Waals surface area contributed by atoms with Gasteiger partial charge in [-0.25, -0.2) is 4.79 Å². The van der Waals surface area contributed by atoms with E-state index in [9.17, 15) is 15.0 Å². The zero-order valence-corrected chi connectivity index (χ0v) is 8.61. The second-order valence-electron chi connectivity index (χ2n) is 2.34. The van der Waals surface area contributed by atoms with Crippen molar-refractivity contribution in [2.75, 3.05) is 14.2 Å². The fraction of sp³-hybridized carbons (Fsp3) is 0.286. The SMILES string of the molecule is COc1c(OC)c(O)n(OC(=O)Cl)c1O. The molecule has 8 heteroatoms. The highest BCUT2D eigenvalue weighted by molar-refractivity contribution is 6.61. The maximum atomic E-state index is 10.4. The van der Waals surface area contributed by atoms with Gasteiger partial charge >= 0.3 is 5.43 Å². The predicted molar refractivity (Wildman–Crippen MR) is 48.7 cm³/mol. The molecule has 15 heavy (non-hydrogen) atoms. The summed E-state index contributed by atoms with van der Waals surface area (Å²) in [4.78, 5) is 14.7. The molecule has 0 aliphatic rings. The number of nitrogens with zero attached hydrogens (tertiary/aromatic N) is 1. The highest BCUT2D eigenvalue weighted by Crippen LogP contribution is 2.45. The Morgan fingerprint density at radius 3 is 1.87 bits per heavy atom. The minimum absolute atomic E-state index is 0.173. The Labute approximate surface area is 89.3 Å². The van der Waals surface area contributed by atoms with Gasteiger partial charge in [-0.1, -0.05) is 4.73 Å². The molecule has 0 atom stereocenters. The van der Waals surface area contributed by atoms with Crippen LogP contribution in [0, 0.1) is 0 Å². The minimum Gasteiger partial charge on any atom is -0.490 e. The van der Waals surface area contributed by atoms with Crippen LogP contribution in [0.2, 0.25) is 0 Å². The molecular weight excluding hydrogens is 230 g/mol. The number of halogens is 1. The lowest BCUT2D eigenvalue weighted by Gasteiger charge is -2.01. The topological polar surface area (TPSA) is 90.1 Å². The Hall–Kier alpha value is -1.76. The van der Waals surface area contributed by atoms with Crippen LogP contribution in [0.25, 0.3) is 0 Å². The Morgan fingerprint density at radius 2 is 1.60 bits per heavy atom. The van der Waals surface area contributed by atoms with Gasteiger partial charge in [0, 0.05) is 11.6 Å². The van der Waals surface area contributed by atoms with Gasteiger partial charge in [-0.15, -0.1) is 0 Å². The molecule has 0 bridgehead atoms. The number of methoxy groups -OCH3 is 2. The van der Waals surface area contributed by atoms with Crippen molar-refractivity contribution in [3.8, 4) is 23.3 Å². The molecule has 0 saturated carbocycles. The first-order valence-electron chi connectivity index (χ1n) is 3.65. The minimum atomic E-state index is -1.24. The lowest BCUT2D eigenvalue weighted by molar-refractivity contribution is 0.127. The third kappa shape index (κ3) is 1.86. The third-order valence-electron chi connectivity index (χ3n) is 1.57. The van der Waals surface area contributed by atoms with Gasteiger partial charge in [0.25, 0.3) is 11.8 Å². The molecule has 0 spiro atoms. The van der Waals surface area contributed by atoms with Gasteiger partial charge in [0.15, 0.2) is 0 Å². The Kier molecular flexibility index (Phi) is 3.15. The normalized spacial score (nSPS) is 9.80. The largest absolute Gasteiger partial charge is 0.490 e. The molecule has 0 unspecified atom stereocenters. The number of hydrogen-bond donors (Lipinski definition) is 2. The first kappa shape index (κ1) is 11.3. The van der Waals surface area contributed by atoms with Gasteiger partial charge in [-0.3, -0.25) is 0 Å². The van der Waals surface area contributed by atoms with Crippen LogP contribution < -0.4 is 14.3 Å². The first-order chi connectivity index (χ1) is 7.02. The summed E-state index contributed by atoms with van der Waals surface area (Å²) in [5.41, 5.74) is -1.24. The van der Waals surface area contributed by atoms with Crippen molar-refractivity contribution >= 4 is 17.0 Å². The zero-order chi connectivity index (χ0) is 11.6. The molecule has 0 aliphatic carbocycles. The van der Waals surface area contributed by atoms with Crippen LogP contribution in [0.15, 0.2) is 0 Å². The highest BCUT2D eigenvalue weighted by Gasteiger charge is 2.26. The number of carbonyl (C=O) groups excluding carboxylic acids is 1. The summed E-state index contributed by atoms with van der Waals surface area (Å²) in [5, 5.41) is 18.9. The monoisotopic (exact) mass is 237 g/mol. The summed E-state index contributed by atoms with van der Waals surface area (Å²) in [7, 11) is 2.48. The number of rotatable bonds is 3. The van der Waals surface area contributed by atoms with Crippen LogP contribution in [-0.2, 0) is 0 Å². The summed E-state index contributed by atoms with van der Waals surface area (Å²) in [5.74, 6) is -1.62. The van der Waals surface area contributed by atoms with E-state index in [1.807, 2.05) is 0 Å². The van der Waals surface area contributed by atoms with Crippen molar-refractivity contribution in [1.29, 1.82) is 0 Å². The number of carbonyl (C=O) groups is 1. The zero-order valence-electron chi connectivity index (χ0n) is 7.85. The van der Waals surface area contributed by atoms with Gasteiger partial charge < -0.3 is 24.5 Å². The van der Waals surface area contributed by atoms with E-state index in [4.69, 9.17) is 21.1 Å². The molecular formula is C7H8ClNO6. The molecule has 1 heterocycles. The molecule has 0 amide bonds. The van der Waals surface area contributed by atoms with Crippen LogP contribution in [0.3, 0.4) is 0 Å². The third-order valence-corrected chi connectivity index (χ3v) is 1.64. The number of aromatic nitrogens is 1. The van der Waals surface area contributed by atoms with Crippen molar-refractivity contribution in [3.05, 3.63) is 0 Å². The van der Waals surface area contributed by atoms with Crippen molar-refractivity contribution in [2.45, 2.75) is 0 Å². The van der Waals surface area contributed by atoms with Crippen LogP contribution >= 0.6 is 11.6 Å². The summed E-state index contributed by atoms with van der Waals surface area (Å²) in [6.07, 6.45) is 0. The summed E-state index contributed by atoms with van der Waals surface area (Å²) in [6.45, 7) is 0. The van der Waals surface area contributed by atoms with Crippen molar-refractivity contribution in [3.63, 3.8) is 0 Å². The number of hydrogen-bond acceptors (Lipinski definition) is 6. The predicted octanol–water partition coefficient (Wildman–Crippen LogP) is 0.704. The van der Waals surface area contributed by atoms with Crippen LogP contribution in [0.1, 0.15) is 0 Å². The molecule has 1 aromatic heterocycles. The van der Waals surface area contributed by atoms with Crippen LogP contribution in [-0.4, -0.2) is 34.6 Å². The summed E-state index contributed by atoms with van der Waals surface area (Å²) < 4.78 is 9.82. The molecule has 0 aliphatic heterocycles. The Bertz CT molecular complexity index is 360. The molecule has 0 fully saturated rings. The average Bonchev–Trinajstić information content (AvgIpc) is 2.40. The maximum absolute atomic E-state index is 10.4. The van der Waals surface area contributed by atoms with E-state index in [2.05, 4.69) is 4.84 Å². The lowest BCUT2D eigenvalue weighted by atomic mass is 10.5. The fourth-order valence-electron chi connectivity index (χ4n) is 1.01. The second-order valence-corrected chi connectivity index (χ2v) is 2.65. The first-order valence-corrected chi connectivity index (χ1v) is 4.03. The van der Waals surface area contributed by atoms with Crippen LogP contribution in [0.5, 0.6) is 23.3 Å². The molecule has 1 aromatic rings. The van der Waals surface area contributed by atoms with E-state index < -0.39 is 17.2 Å². The maximum Gasteiger partial charge on any atom is 0.428 e. The molecule has 0 aromatic carbocycles. The quantitative estimate of drug-likeness (QED) is 0.753. The van der Waals surface area contributed by atoms with Gasteiger partial charge in [0.05, 0.1) is 14.2 Å². The van der Waals surface area contributed by atoms with E-state index in [-0.39, 0.29) is 11.5 Å². The van der Waals surface area contributed by atoms with Crippen molar-refractivity contribution in [1.82, 2.24) is 4.73 Å². The lowest BCUT2D eigenvalue weighted by Crippen LogP contribution is -2.12. The number of aromatic hydroxyl groups is 2. The van der Waals surface area contributed by atoms with E-state index in [1.165, 1.54) is 14.2 Å².